The molecule has 1 saturated carbocycles. The number of alkyl halides is 2. The van der Waals surface area contributed by atoms with E-state index in [0.29, 0.717) is 5.57 Å². The summed E-state index contributed by atoms with van der Waals surface area (Å²) in [6, 6.07) is -1.86. The van der Waals surface area contributed by atoms with Crippen molar-refractivity contribution < 1.29 is 19.1 Å². The van der Waals surface area contributed by atoms with Gasteiger partial charge in [-0.1, -0.05) is 50.3 Å². The summed E-state index contributed by atoms with van der Waals surface area (Å²) in [5.74, 6) is -1.01. The predicted octanol–water partition coefficient (Wildman–Crippen LogP) is 3.84. The minimum atomic E-state index is -1.07. The zero-order chi connectivity index (χ0) is 21.8. The first-order valence-electron chi connectivity index (χ1n) is 10.3. The summed E-state index contributed by atoms with van der Waals surface area (Å²) in [4.78, 5) is 40.5. The van der Waals surface area contributed by atoms with Crippen LogP contribution in [0.25, 0.3) is 0 Å². The number of esters is 1. The van der Waals surface area contributed by atoms with Crippen molar-refractivity contribution in [2.45, 2.75) is 94.9 Å². The van der Waals surface area contributed by atoms with Crippen LogP contribution >= 0.6 is 23.2 Å². The van der Waals surface area contributed by atoms with E-state index in [-0.39, 0.29) is 17.8 Å². The lowest BCUT2D eigenvalue weighted by Gasteiger charge is -2.52. The normalized spacial score (nSPS) is 24.7. The first kappa shape index (κ1) is 24.0. The Kier molecular flexibility index (Phi) is 8.41. The number of nitrogens with zero attached hydrogens (tertiary/aromatic N) is 2. The first-order chi connectivity index (χ1) is 13.6. The fourth-order valence-corrected chi connectivity index (χ4v) is 4.61. The van der Waals surface area contributed by atoms with E-state index in [2.05, 4.69) is 6.58 Å². The van der Waals surface area contributed by atoms with Gasteiger partial charge in [0.1, 0.15) is 17.1 Å². The number of halogens is 2. The fraction of sp³-hybridized carbons (Fsp3) is 0.762. The van der Waals surface area contributed by atoms with Gasteiger partial charge < -0.3 is 14.5 Å². The molecular formula is C21H32Cl2N2O4. The third-order valence-corrected chi connectivity index (χ3v) is 6.23. The van der Waals surface area contributed by atoms with E-state index in [1.165, 1.54) is 11.3 Å². The number of carbonyl (C=O) groups is 3. The molecular weight excluding hydrogens is 415 g/mol. The largest absolute Gasteiger partial charge is 0.458 e. The smallest absolute Gasteiger partial charge is 0.333 e. The third kappa shape index (κ3) is 5.66. The highest BCUT2D eigenvalue weighted by molar-refractivity contribution is 6.27. The molecule has 1 saturated heterocycles. The van der Waals surface area contributed by atoms with Gasteiger partial charge in [0.25, 0.3) is 5.91 Å². The monoisotopic (exact) mass is 446 g/mol. The highest BCUT2D eigenvalue weighted by atomic mass is 35.5. The lowest BCUT2D eigenvalue weighted by molar-refractivity contribution is -0.175. The van der Waals surface area contributed by atoms with E-state index in [1.54, 1.807) is 25.7 Å². The van der Waals surface area contributed by atoms with Gasteiger partial charge in [0.2, 0.25) is 6.41 Å². The molecule has 0 radical (unpaired) electrons. The fourth-order valence-electron chi connectivity index (χ4n) is 4.02. The van der Waals surface area contributed by atoms with Crippen LogP contribution in [0.4, 0.5) is 0 Å². The second-order valence-electron chi connectivity index (χ2n) is 8.84. The topological polar surface area (TPSA) is 66.9 Å². The van der Waals surface area contributed by atoms with Gasteiger partial charge in [-0.15, -0.1) is 11.6 Å². The molecule has 0 N–H and O–H groups in total. The quantitative estimate of drug-likeness (QED) is 0.149. The number of hydrogen-bond donors (Lipinski definition) is 0. The van der Waals surface area contributed by atoms with Crippen LogP contribution in [-0.2, 0) is 19.1 Å². The molecule has 2 rings (SSSR count). The van der Waals surface area contributed by atoms with Gasteiger partial charge in [0.05, 0.1) is 0 Å². The second-order valence-corrected chi connectivity index (χ2v) is 9.56. The summed E-state index contributed by atoms with van der Waals surface area (Å²) in [5.41, 5.74) is -1.23. The maximum atomic E-state index is 13.0. The van der Waals surface area contributed by atoms with Crippen LogP contribution in [0.2, 0.25) is 0 Å². The van der Waals surface area contributed by atoms with Gasteiger partial charge in [-0.25, -0.2) is 4.79 Å². The predicted molar refractivity (Wildman–Crippen MR) is 114 cm³/mol. The van der Waals surface area contributed by atoms with Crippen molar-refractivity contribution in [3.63, 3.8) is 0 Å². The molecule has 0 spiro atoms. The minimum Gasteiger partial charge on any atom is -0.458 e. The van der Waals surface area contributed by atoms with Crippen LogP contribution < -0.4 is 0 Å². The molecule has 164 valence electrons. The van der Waals surface area contributed by atoms with E-state index < -0.39 is 29.2 Å². The highest BCUT2D eigenvalue weighted by Crippen LogP contribution is 2.36. The molecule has 1 aliphatic heterocycles. The van der Waals surface area contributed by atoms with Crippen molar-refractivity contribution in [2.24, 2.45) is 0 Å². The van der Waals surface area contributed by atoms with Crippen LogP contribution in [-0.4, -0.2) is 63.2 Å². The van der Waals surface area contributed by atoms with Gasteiger partial charge in [-0.3, -0.25) is 9.59 Å². The van der Waals surface area contributed by atoms with Gasteiger partial charge in [0, 0.05) is 11.9 Å². The summed E-state index contributed by atoms with van der Waals surface area (Å²) in [5, 5.41) is 0. The highest BCUT2D eigenvalue weighted by Gasteiger charge is 2.56. The molecule has 2 aliphatic rings. The molecule has 0 aromatic carbocycles. The van der Waals surface area contributed by atoms with Gasteiger partial charge in [0.15, 0.2) is 6.04 Å². The van der Waals surface area contributed by atoms with Crippen molar-refractivity contribution in [1.29, 1.82) is 0 Å². The standard InChI is InChI=1S/C21H32Cl2N2O4/c1-14(12-22)16(20(28)29-21(2,3)4)25-18(23)17(19(25)27)24(13-26)15-10-8-6-5-7-9-11-15/h13,15-18H,1,5-12H2,2-4H3. The van der Waals surface area contributed by atoms with Crippen molar-refractivity contribution in [3.05, 3.63) is 12.2 Å². The maximum Gasteiger partial charge on any atom is 0.333 e. The minimum absolute atomic E-state index is 0.0119. The van der Waals surface area contributed by atoms with Gasteiger partial charge >= 0.3 is 5.97 Å². The first-order valence-corrected chi connectivity index (χ1v) is 11.2. The van der Waals surface area contributed by atoms with Gasteiger partial charge in [-0.05, 0) is 39.2 Å². The summed E-state index contributed by atoms with van der Waals surface area (Å²) in [7, 11) is 0. The van der Waals surface area contributed by atoms with Crippen molar-refractivity contribution in [1.82, 2.24) is 9.80 Å². The average Bonchev–Trinajstić information content (AvgIpc) is 2.62. The number of ether oxygens (including phenoxy) is 1. The Hall–Kier alpha value is -1.27. The Bertz CT molecular complexity index is 627. The lowest BCUT2D eigenvalue weighted by atomic mass is 9.92. The Morgan fingerprint density at radius 1 is 1.28 bits per heavy atom. The number of β-lactam (4-membered cyclic amide) rings is 1. The summed E-state index contributed by atoms with van der Waals surface area (Å²) >= 11 is 12.5. The number of hydrogen-bond acceptors (Lipinski definition) is 4. The van der Waals surface area contributed by atoms with Crippen LogP contribution in [0.5, 0.6) is 0 Å². The molecule has 0 bridgehead atoms. The number of likely N-dealkylation sites (tertiary alicyclic amines) is 1. The van der Waals surface area contributed by atoms with E-state index >= 15 is 0 Å². The molecule has 0 aromatic heterocycles. The van der Waals surface area contributed by atoms with Crippen LogP contribution in [0.1, 0.15) is 65.7 Å². The third-order valence-electron chi connectivity index (χ3n) is 5.44. The van der Waals surface area contributed by atoms with Gasteiger partial charge in [-0.2, -0.15) is 0 Å². The summed E-state index contributed by atoms with van der Waals surface area (Å²) in [6.07, 6.45) is 7.96. The number of rotatable bonds is 7. The van der Waals surface area contributed by atoms with Crippen LogP contribution in [0.3, 0.4) is 0 Å². The molecule has 29 heavy (non-hydrogen) atoms. The average molecular weight is 447 g/mol. The molecule has 2 fully saturated rings. The maximum absolute atomic E-state index is 13.0. The Morgan fingerprint density at radius 3 is 2.28 bits per heavy atom. The molecule has 8 heteroatoms. The summed E-state index contributed by atoms with van der Waals surface area (Å²) < 4.78 is 5.45. The van der Waals surface area contributed by atoms with E-state index in [1.807, 2.05) is 0 Å². The molecule has 3 atom stereocenters. The molecule has 6 nitrogen and oxygen atoms in total. The summed E-state index contributed by atoms with van der Waals surface area (Å²) in [6.45, 7) is 9.06. The SMILES string of the molecule is C=C(CCl)C(C(=O)OC(C)(C)C)N1C(=O)C(N(C=O)C2CCCCCCC2)C1Cl. The van der Waals surface area contributed by atoms with E-state index in [0.717, 1.165) is 44.9 Å². The van der Waals surface area contributed by atoms with E-state index in [9.17, 15) is 14.4 Å². The van der Waals surface area contributed by atoms with Crippen molar-refractivity contribution >= 4 is 41.5 Å². The Balaban J connectivity index is 2.19. The molecule has 2 amide bonds. The second kappa shape index (κ2) is 10.2. The van der Waals surface area contributed by atoms with Crippen LogP contribution in [0.15, 0.2) is 12.2 Å². The molecule has 0 aromatic rings. The Morgan fingerprint density at radius 2 is 1.83 bits per heavy atom. The lowest BCUT2D eigenvalue weighted by Crippen LogP contribution is -2.73. The van der Waals surface area contributed by atoms with Crippen molar-refractivity contribution in [3.8, 4) is 0 Å². The molecule has 1 aliphatic carbocycles. The van der Waals surface area contributed by atoms with E-state index in [4.69, 9.17) is 27.9 Å². The molecule has 3 unspecified atom stereocenters. The Labute approximate surface area is 183 Å². The number of carbonyl (C=O) groups excluding carboxylic acids is 3. The van der Waals surface area contributed by atoms with Crippen LogP contribution in [0, 0.1) is 0 Å². The molecule has 1 heterocycles. The zero-order valence-electron chi connectivity index (χ0n) is 17.5. The van der Waals surface area contributed by atoms with Crippen molar-refractivity contribution in [2.75, 3.05) is 5.88 Å². The zero-order valence-corrected chi connectivity index (χ0v) is 19.0. The number of amides is 2.